The summed E-state index contributed by atoms with van der Waals surface area (Å²) in [6.07, 6.45) is 5.67. The Balaban J connectivity index is 2.21. The number of hydrogen-bond acceptors (Lipinski definition) is 3. The van der Waals surface area contributed by atoms with Crippen molar-refractivity contribution in [3.63, 3.8) is 0 Å². The zero-order valence-electron chi connectivity index (χ0n) is 8.46. The van der Waals surface area contributed by atoms with E-state index in [4.69, 9.17) is 5.11 Å². The molecule has 16 heavy (non-hydrogen) atoms. The third-order valence-electron chi connectivity index (χ3n) is 2.45. The summed E-state index contributed by atoms with van der Waals surface area (Å²) in [5, 5.41) is 9.10. The van der Waals surface area contributed by atoms with Crippen LogP contribution in [0.25, 0.3) is 0 Å². The molecule has 0 saturated heterocycles. The fraction of sp³-hybridized carbons (Fsp3) is 0.167. The second kappa shape index (κ2) is 4.18. The summed E-state index contributed by atoms with van der Waals surface area (Å²) in [4.78, 5) is 23.9. The molecule has 4 heteroatoms. The minimum Gasteiger partial charge on any atom is -0.508 e. The van der Waals surface area contributed by atoms with Crippen LogP contribution in [0.1, 0.15) is 16.8 Å². The fourth-order valence-corrected chi connectivity index (χ4v) is 1.59. The summed E-state index contributed by atoms with van der Waals surface area (Å²) in [6, 6.07) is 5.39. The standard InChI is InChI=1S/C12H10NO3/c14-8-10-2-1-7-13(10)12(16)9-3-5-11(15)6-4-9/h1,3-7,10,15H,2H2/t10-/m0/s1. The molecule has 1 amide bonds. The molecule has 0 saturated carbocycles. The molecular formula is C12H10NO3. The number of rotatable bonds is 2. The van der Waals surface area contributed by atoms with Crippen molar-refractivity contribution in [3.05, 3.63) is 42.1 Å². The van der Waals surface area contributed by atoms with Gasteiger partial charge in [0.25, 0.3) is 5.91 Å². The summed E-state index contributed by atoms with van der Waals surface area (Å²) in [5.41, 5.74) is 0.435. The zero-order valence-corrected chi connectivity index (χ0v) is 8.46. The van der Waals surface area contributed by atoms with Crippen LogP contribution in [0.4, 0.5) is 0 Å². The number of carbonyl (C=O) groups is 1. The molecule has 1 aromatic carbocycles. The lowest BCUT2D eigenvalue weighted by Crippen LogP contribution is -2.33. The van der Waals surface area contributed by atoms with Crippen molar-refractivity contribution < 1.29 is 14.7 Å². The third kappa shape index (κ3) is 1.82. The Hall–Kier alpha value is -2.10. The van der Waals surface area contributed by atoms with Crippen molar-refractivity contribution in [1.29, 1.82) is 0 Å². The number of phenols is 1. The largest absolute Gasteiger partial charge is 0.508 e. The van der Waals surface area contributed by atoms with Gasteiger partial charge in [0.2, 0.25) is 6.29 Å². The first-order chi connectivity index (χ1) is 7.72. The lowest BCUT2D eigenvalue weighted by atomic mass is 10.1. The Morgan fingerprint density at radius 2 is 2.06 bits per heavy atom. The Kier molecular flexibility index (Phi) is 2.72. The van der Waals surface area contributed by atoms with Gasteiger partial charge in [-0.15, -0.1) is 0 Å². The molecule has 0 fully saturated rings. The van der Waals surface area contributed by atoms with Crippen LogP contribution < -0.4 is 0 Å². The first-order valence-corrected chi connectivity index (χ1v) is 4.88. The number of aromatic hydroxyl groups is 1. The maximum atomic E-state index is 11.9. The van der Waals surface area contributed by atoms with Crippen molar-refractivity contribution in [2.24, 2.45) is 0 Å². The zero-order chi connectivity index (χ0) is 11.5. The Morgan fingerprint density at radius 1 is 1.38 bits per heavy atom. The Morgan fingerprint density at radius 3 is 2.69 bits per heavy atom. The van der Waals surface area contributed by atoms with Gasteiger partial charge in [-0.05, 0) is 30.7 Å². The monoisotopic (exact) mass is 216 g/mol. The van der Waals surface area contributed by atoms with Gasteiger partial charge in [-0.1, -0.05) is 6.08 Å². The Bertz CT molecular complexity index is 436. The first-order valence-electron chi connectivity index (χ1n) is 4.88. The highest BCUT2D eigenvalue weighted by Gasteiger charge is 2.25. The van der Waals surface area contributed by atoms with E-state index in [0.717, 1.165) is 0 Å². The topological polar surface area (TPSA) is 57.6 Å². The fourth-order valence-electron chi connectivity index (χ4n) is 1.59. The van der Waals surface area contributed by atoms with Gasteiger partial charge < -0.3 is 10.0 Å². The molecule has 81 valence electrons. The second-order valence-electron chi connectivity index (χ2n) is 3.51. The average molecular weight is 216 g/mol. The number of amides is 1. The number of nitrogens with zero attached hydrogens (tertiary/aromatic N) is 1. The van der Waals surface area contributed by atoms with Crippen molar-refractivity contribution >= 4 is 12.2 Å². The van der Waals surface area contributed by atoms with E-state index >= 15 is 0 Å². The van der Waals surface area contributed by atoms with Crippen LogP contribution in [0.15, 0.2) is 36.5 Å². The van der Waals surface area contributed by atoms with Gasteiger partial charge in [-0.2, -0.15) is 0 Å². The normalized spacial score (nSPS) is 18.8. The van der Waals surface area contributed by atoms with Gasteiger partial charge in [0.05, 0.1) is 0 Å². The SMILES string of the molecule is O=[C][C@@H]1CC=CN1C(=O)c1ccc(O)cc1. The minimum atomic E-state index is -0.527. The molecule has 1 radical (unpaired) electrons. The molecule has 1 aliphatic heterocycles. The van der Waals surface area contributed by atoms with Crippen LogP contribution in [0.5, 0.6) is 5.75 Å². The molecule has 1 heterocycles. The van der Waals surface area contributed by atoms with E-state index < -0.39 is 6.04 Å². The number of phenolic OH excluding ortho intramolecular Hbond substituents is 1. The van der Waals surface area contributed by atoms with Crippen molar-refractivity contribution in [2.45, 2.75) is 12.5 Å². The van der Waals surface area contributed by atoms with Crippen LogP contribution >= 0.6 is 0 Å². The van der Waals surface area contributed by atoms with Crippen LogP contribution in [0, 0.1) is 0 Å². The van der Waals surface area contributed by atoms with E-state index in [9.17, 15) is 9.59 Å². The van der Waals surface area contributed by atoms with E-state index in [-0.39, 0.29) is 11.7 Å². The Labute approximate surface area is 92.8 Å². The quantitative estimate of drug-likeness (QED) is 0.808. The van der Waals surface area contributed by atoms with Gasteiger partial charge in [-0.3, -0.25) is 9.59 Å². The van der Waals surface area contributed by atoms with E-state index in [1.807, 2.05) is 6.29 Å². The molecule has 1 N–H and O–H groups in total. The third-order valence-corrected chi connectivity index (χ3v) is 2.45. The molecule has 0 aromatic heterocycles. The number of carbonyl (C=O) groups excluding carboxylic acids is 2. The van der Waals surface area contributed by atoms with Crippen molar-refractivity contribution in [3.8, 4) is 5.75 Å². The maximum absolute atomic E-state index is 11.9. The second-order valence-corrected chi connectivity index (χ2v) is 3.51. The molecule has 0 aliphatic carbocycles. The maximum Gasteiger partial charge on any atom is 0.258 e. The molecule has 0 spiro atoms. The van der Waals surface area contributed by atoms with Gasteiger partial charge in [0, 0.05) is 11.8 Å². The summed E-state index contributed by atoms with van der Waals surface area (Å²) in [7, 11) is 0. The molecule has 1 aromatic rings. The molecule has 2 rings (SSSR count). The van der Waals surface area contributed by atoms with Gasteiger partial charge in [0.1, 0.15) is 11.8 Å². The van der Waals surface area contributed by atoms with E-state index in [1.165, 1.54) is 29.2 Å². The summed E-state index contributed by atoms with van der Waals surface area (Å²) >= 11 is 0. The molecular weight excluding hydrogens is 206 g/mol. The van der Waals surface area contributed by atoms with Crippen molar-refractivity contribution in [2.75, 3.05) is 0 Å². The molecule has 4 nitrogen and oxygen atoms in total. The number of hydrogen-bond donors (Lipinski definition) is 1. The van der Waals surface area contributed by atoms with Crippen LogP contribution in [0.2, 0.25) is 0 Å². The highest BCUT2D eigenvalue weighted by molar-refractivity contribution is 5.96. The van der Waals surface area contributed by atoms with Gasteiger partial charge in [0.15, 0.2) is 0 Å². The predicted octanol–water partition coefficient (Wildman–Crippen LogP) is 1.23. The summed E-state index contributed by atoms with van der Waals surface area (Å²) in [5.74, 6) is -0.158. The lowest BCUT2D eigenvalue weighted by Gasteiger charge is -2.18. The smallest absolute Gasteiger partial charge is 0.258 e. The van der Waals surface area contributed by atoms with Gasteiger partial charge in [-0.25, -0.2) is 0 Å². The van der Waals surface area contributed by atoms with Crippen LogP contribution in [-0.2, 0) is 4.79 Å². The predicted molar refractivity (Wildman–Crippen MR) is 57.5 cm³/mol. The van der Waals surface area contributed by atoms with E-state index in [2.05, 4.69) is 0 Å². The molecule has 1 atom stereocenters. The average Bonchev–Trinajstić information content (AvgIpc) is 2.77. The molecule has 0 bridgehead atoms. The van der Waals surface area contributed by atoms with E-state index in [0.29, 0.717) is 12.0 Å². The van der Waals surface area contributed by atoms with Crippen molar-refractivity contribution in [1.82, 2.24) is 4.90 Å². The highest BCUT2D eigenvalue weighted by atomic mass is 16.3. The number of benzene rings is 1. The lowest BCUT2D eigenvalue weighted by molar-refractivity contribution is 0.0812. The van der Waals surface area contributed by atoms with Crippen LogP contribution in [-0.4, -0.2) is 28.2 Å². The molecule has 0 unspecified atom stereocenters. The summed E-state index contributed by atoms with van der Waals surface area (Å²) in [6.45, 7) is 0. The molecule has 1 aliphatic rings. The van der Waals surface area contributed by atoms with Gasteiger partial charge >= 0.3 is 0 Å². The van der Waals surface area contributed by atoms with E-state index in [1.54, 1.807) is 12.3 Å². The first kappa shape index (κ1) is 10.4. The summed E-state index contributed by atoms with van der Waals surface area (Å²) < 4.78 is 0. The highest BCUT2D eigenvalue weighted by Crippen LogP contribution is 2.18. The minimum absolute atomic E-state index is 0.104. The van der Waals surface area contributed by atoms with Crippen LogP contribution in [0.3, 0.4) is 0 Å².